The van der Waals surface area contributed by atoms with Gasteiger partial charge in [0.25, 0.3) is 5.91 Å². The first kappa shape index (κ1) is 23.0. The van der Waals surface area contributed by atoms with E-state index in [2.05, 4.69) is 34.7 Å². The Labute approximate surface area is 201 Å². The molecule has 1 aromatic heterocycles. The third-order valence-corrected chi connectivity index (χ3v) is 7.45. The molecule has 2 N–H and O–H groups in total. The van der Waals surface area contributed by atoms with Crippen LogP contribution in [-0.2, 0) is 4.79 Å². The molecule has 1 unspecified atom stereocenters. The molecule has 0 aliphatic rings. The molecular formula is C26H25N3O2S2. The number of thiazole rings is 1. The highest BCUT2D eigenvalue weighted by molar-refractivity contribution is 8.02. The maximum Gasteiger partial charge on any atom is 0.255 e. The monoisotopic (exact) mass is 475 g/mol. The molecule has 1 atom stereocenters. The van der Waals surface area contributed by atoms with Crippen LogP contribution in [0.15, 0.2) is 65.0 Å². The van der Waals surface area contributed by atoms with Crippen LogP contribution in [0.1, 0.15) is 34.0 Å². The second-order valence-corrected chi connectivity index (χ2v) is 10.6. The Morgan fingerprint density at radius 3 is 2.33 bits per heavy atom. The van der Waals surface area contributed by atoms with E-state index >= 15 is 0 Å². The van der Waals surface area contributed by atoms with Gasteiger partial charge in [-0.1, -0.05) is 47.7 Å². The molecule has 33 heavy (non-hydrogen) atoms. The highest BCUT2D eigenvalue weighted by atomic mass is 32.2. The van der Waals surface area contributed by atoms with Crippen LogP contribution in [0.3, 0.4) is 0 Å². The number of hydrogen-bond acceptors (Lipinski definition) is 5. The summed E-state index contributed by atoms with van der Waals surface area (Å²) in [5.74, 6) is -0.203. The van der Waals surface area contributed by atoms with Crippen LogP contribution >= 0.6 is 23.1 Å². The molecule has 168 valence electrons. The summed E-state index contributed by atoms with van der Waals surface area (Å²) in [6, 6.07) is 18.9. The van der Waals surface area contributed by atoms with E-state index in [9.17, 15) is 9.59 Å². The van der Waals surface area contributed by atoms with Crippen molar-refractivity contribution in [1.82, 2.24) is 4.98 Å². The highest BCUT2D eigenvalue weighted by Gasteiger charge is 2.19. The lowest BCUT2D eigenvalue weighted by atomic mass is 10.1. The quantitative estimate of drug-likeness (QED) is 0.309. The molecule has 0 aliphatic heterocycles. The van der Waals surface area contributed by atoms with E-state index in [1.807, 2.05) is 57.2 Å². The van der Waals surface area contributed by atoms with Crippen LogP contribution in [0, 0.1) is 20.8 Å². The van der Waals surface area contributed by atoms with E-state index in [1.54, 1.807) is 12.1 Å². The summed E-state index contributed by atoms with van der Waals surface area (Å²) in [6.07, 6.45) is 0. The number of aryl methyl sites for hydroxylation is 3. The van der Waals surface area contributed by atoms with Crippen molar-refractivity contribution >= 4 is 56.5 Å². The van der Waals surface area contributed by atoms with Crippen LogP contribution in [0.2, 0.25) is 0 Å². The van der Waals surface area contributed by atoms with Crippen LogP contribution < -0.4 is 10.6 Å². The van der Waals surface area contributed by atoms with Crippen molar-refractivity contribution in [1.29, 1.82) is 0 Å². The first-order chi connectivity index (χ1) is 15.8. The van der Waals surface area contributed by atoms with E-state index in [0.29, 0.717) is 11.3 Å². The Morgan fingerprint density at radius 2 is 1.64 bits per heavy atom. The number of amides is 2. The zero-order valence-corrected chi connectivity index (χ0v) is 20.6. The molecule has 0 fully saturated rings. The molecule has 0 spiro atoms. The molecule has 0 bridgehead atoms. The molecule has 1 heterocycles. The smallest absolute Gasteiger partial charge is 0.255 e. The largest absolute Gasteiger partial charge is 0.325 e. The van der Waals surface area contributed by atoms with E-state index in [0.717, 1.165) is 31.4 Å². The molecule has 2 amide bonds. The van der Waals surface area contributed by atoms with Gasteiger partial charge in [-0.3, -0.25) is 9.59 Å². The van der Waals surface area contributed by atoms with Gasteiger partial charge in [0, 0.05) is 16.9 Å². The minimum Gasteiger partial charge on any atom is -0.325 e. The Hall–Kier alpha value is -3.16. The number of fused-ring (bicyclic) bond motifs is 1. The summed E-state index contributed by atoms with van der Waals surface area (Å²) in [4.78, 5) is 29.9. The number of anilines is 2. The second-order valence-electron chi connectivity index (χ2n) is 8.01. The minimum absolute atomic E-state index is 0.0508. The first-order valence-electron chi connectivity index (χ1n) is 10.6. The fourth-order valence-electron chi connectivity index (χ4n) is 3.63. The Morgan fingerprint density at radius 1 is 0.939 bits per heavy atom. The van der Waals surface area contributed by atoms with Gasteiger partial charge in [0.2, 0.25) is 5.91 Å². The molecule has 4 aromatic rings. The van der Waals surface area contributed by atoms with Crippen molar-refractivity contribution in [3.63, 3.8) is 0 Å². The van der Waals surface area contributed by atoms with Crippen LogP contribution in [0.5, 0.6) is 0 Å². The molecule has 0 saturated carbocycles. The molecular weight excluding hydrogens is 450 g/mol. The van der Waals surface area contributed by atoms with Gasteiger partial charge in [-0.05, 0) is 69.2 Å². The van der Waals surface area contributed by atoms with Gasteiger partial charge in [-0.15, -0.1) is 11.3 Å². The topological polar surface area (TPSA) is 71.1 Å². The molecule has 0 saturated heterocycles. The van der Waals surface area contributed by atoms with Crippen molar-refractivity contribution in [3.05, 3.63) is 82.9 Å². The normalized spacial score (nSPS) is 11.9. The number of thioether (sulfide) groups is 1. The molecule has 7 heteroatoms. The molecule has 4 rings (SSSR count). The maximum atomic E-state index is 12.8. The number of nitrogens with one attached hydrogen (secondary N) is 2. The van der Waals surface area contributed by atoms with Crippen LogP contribution in [0.4, 0.5) is 11.4 Å². The van der Waals surface area contributed by atoms with Crippen molar-refractivity contribution in [2.75, 3.05) is 10.6 Å². The summed E-state index contributed by atoms with van der Waals surface area (Å²) in [5.41, 5.74) is 6.34. The van der Waals surface area contributed by atoms with Gasteiger partial charge in [-0.2, -0.15) is 0 Å². The lowest BCUT2D eigenvalue weighted by molar-refractivity contribution is -0.115. The summed E-state index contributed by atoms with van der Waals surface area (Å²) in [7, 11) is 0. The lowest BCUT2D eigenvalue weighted by Crippen LogP contribution is -2.23. The van der Waals surface area contributed by atoms with Crippen molar-refractivity contribution < 1.29 is 9.59 Å². The number of nitrogens with zero attached hydrogens (tertiary/aromatic N) is 1. The fraction of sp³-hybridized carbons (Fsp3) is 0.192. The molecule has 3 aromatic carbocycles. The number of carbonyl (C=O) groups is 2. The zero-order chi connectivity index (χ0) is 23.5. The van der Waals surface area contributed by atoms with E-state index < -0.39 is 0 Å². The number of carbonyl (C=O) groups excluding carboxylic acids is 2. The number of aromatic nitrogens is 1. The van der Waals surface area contributed by atoms with Gasteiger partial charge in [-0.25, -0.2) is 4.98 Å². The second kappa shape index (κ2) is 9.77. The van der Waals surface area contributed by atoms with Gasteiger partial charge in [0.1, 0.15) is 0 Å². The number of rotatable bonds is 6. The van der Waals surface area contributed by atoms with Crippen LogP contribution in [-0.4, -0.2) is 22.0 Å². The third kappa shape index (κ3) is 5.43. The minimum atomic E-state index is -0.303. The van der Waals surface area contributed by atoms with Crippen molar-refractivity contribution in [2.24, 2.45) is 0 Å². The number of benzene rings is 3. The average molecular weight is 476 g/mol. The predicted octanol–water partition coefficient (Wildman–Crippen LogP) is 6.59. The van der Waals surface area contributed by atoms with Gasteiger partial charge in [0.15, 0.2) is 4.34 Å². The summed E-state index contributed by atoms with van der Waals surface area (Å²) >= 11 is 2.95. The Balaban J connectivity index is 1.44. The van der Waals surface area contributed by atoms with Crippen molar-refractivity contribution in [2.45, 2.75) is 37.3 Å². The summed E-state index contributed by atoms with van der Waals surface area (Å²) < 4.78 is 1.78. The van der Waals surface area contributed by atoms with E-state index in [4.69, 9.17) is 0 Å². The first-order valence-corrected chi connectivity index (χ1v) is 12.3. The lowest BCUT2D eigenvalue weighted by Gasteiger charge is -2.15. The van der Waals surface area contributed by atoms with E-state index in [-0.39, 0.29) is 17.1 Å². The average Bonchev–Trinajstić information content (AvgIpc) is 3.18. The van der Waals surface area contributed by atoms with Gasteiger partial charge >= 0.3 is 0 Å². The zero-order valence-electron chi connectivity index (χ0n) is 18.9. The predicted molar refractivity (Wildman–Crippen MR) is 139 cm³/mol. The fourth-order valence-corrected chi connectivity index (χ4v) is 5.88. The molecule has 0 aliphatic carbocycles. The Kier molecular flexibility index (Phi) is 6.81. The van der Waals surface area contributed by atoms with Gasteiger partial charge in [0.05, 0.1) is 15.5 Å². The van der Waals surface area contributed by atoms with Crippen LogP contribution in [0.25, 0.3) is 10.2 Å². The van der Waals surface area contributed by atoms with Gasteiger partial charge < -0.3 is 10.6 Å². The summed E-state index contributed by atoms with van der Waals surface area (Å²) in [5, 5.41) is 5.70. The standard InChI is InChI=1S/C26H25N3O2S2/c1-15-12-16(2)23(17(3)13-15)29-24(30)18(4)32-26-28-21-11-10-20(14-22(21)33-26)27-25(31)19-8-6-5-7-9-19/h5-14,18H,1-4H3,(H,27,31)(H,29,30). The third-order valence-electron chi connectivity index (χ3n) is 5.23. The number of hydrogen-bond donors (Lipinski definition) is 2. The maximum absolute atomic E-state index is 12.8. The van der Waals surface area contributed by atoms with Crippen molar-refractivity contribution in [3.8, 4) is 0 Å². The summed E-state index contributed by atoms with van der Waals surface area (Å²) in [6.45, 7) is 7.95. The highest BCUT2D eigenvalue weighted by Crippen LogP contribution is 2.34. The SMILES string of the molecule is Cc1cc(C)c(NC(=O)C(C)Sc2nc3ccc(NC(=O)c4ccccc4)cc3s2)c(C)c1. The molecule has 0 radical (unpaired) electrons. The molecule has 5 nitrogen and oxygen atoms in total. The Bertz CT molecular complexity index is 1310. The van der Waals surface area contributed by atoms with E-state index in [1.165, 1.54) is 28.7 Å².